The molecule has 5 aliphatic rings. The van der Waals surface area contributed by atoms with E-state index in [0.29, 0.717) is 67.4 Å². The molecule has 0 aromatic heterocycles. The molecule has 0 spiro atoms. The van der Waals surface area contributed by atoms with Crippen LogP contribution in [0.5, 0.6) is 0 Å². The molecular formula is C69H124O54S7. The molecule has 5 fully saturated rings. The molecule has 766 valence electrons. The topological polar surface area (TPSA) is 616 Å². The highest BCUT2D eigenvalue weighted by atomic mass is 32.3. The summed E-state index contributed by atoms with van der Waals surface area (Å²) >= 11 is 1.83. The highest BCUT2D eigenvalue weighted by Gasteiger charge is 2.63. The van der Waals surface area contributed by atoms with Gasteiger partial charge in [0.1, 0.15) is 104 Å². The average molecular weight is 2040 g/mol. The highest BCUT2D eigenvalue weighted by Crippen LogP contribution is 2.42. The van der Waals surface area contributed by atoms with Gasteiger partial charge in [0, 0.05) is 80.4 Å². The molecule has 0 bridgehead atoms. The quantitative estimate of drug-likeness (QED) is 0.0416. The van der Waals surface area contributed by atoms with Crippen molar-refractivity contribution < 1.29 is 243 Å². The lowest BCUT2D eigenvalue weighted by Crippen LogP contribution is -2.70. The fourth-order valence-electron chi connectivity index (χ4n) is 13.1. The second-order valence-corrected chi connectivity index (χ2v) is 38.3. The van der Waals surface area contributed by atoms with E-state index in [-0.39, 0.29) is 76.4 Å². The predicted molar refractivity (Wildman–Crippen MR) is 429 cm³/mol. The van der Waals surface area contributed by atoms with Crippen LogP contribution in [0.25, 0.3) is 0 Å². The van der Waals surface area contributed by atoms with Gasteiger partial charge >= 0.3 is 74.3 Å². The zero-order chi connectivity index (χ0) is 96.8. The van der Waals surface area contributed by atoms with Crippen LogP contribution < -0.4 is 0 Å². The van der Waals surface area contributed by atoms with Gasteiger partial charge in [-0.05, 0) is 6.42 Å². The fraction of sp³-hybridized carbons (Fsp3) is 0.957. The predicted octanol–water partition coefficient (Wildman–Crippen LogP) is -3.82. The third kappa shape index (κ3) is 37.7. The first-order valence-electron chi connectivity index (χ1n) is 39.5. The summed E-state index contributed by atoms with van der Waals surface area (Å²) in [5, 5.41) is 0. The molecule has 5 heterocycles. The van der Waals surface area contributed by atoms with E-state index in [9.17, 15) is 64.9 Å². The summed E-state index contributed by atoms with van der Waals surface area (Å²) in [6.07, 6.45) is -49.4. The lowest BCUT2D eigenvalue weighted by molar-refractivity contribution is -0.389. The van der Waals surface area contributed by atoms with E-state index in [0.717, 1.165) is 84.0 Å². The number of thioether (sulfide) groups is 1. The first kappa shape index (κ1) is 118. The number of carbonyl (C=O) groups excluding carboxylic acids is 3. The zero-order valence-electron chi connectivity index (χ0n) is 75.2. The lowest BCUT2D eigenvalue weighted by atomic mass is 9.94. The van der Waals surface area contributed by atoms with Crippen molar-refractivity contribution >= 4 is 91.9 Å². The minimum absolute atomic E-state index is 0.0607. The molecule has 0 aromatic rings. The van der Waals surface area contributed by atoms with E-state index in [1.807, 2.05) is 11.8 Å². The van der Waals surface area contributed by atoms with Crippen LogP contribution in [-0.2, 0) is 255 Å². The standard InChI is InChI=1S/C69H124O54S7/c1-69(2,3)124-36-35-106-30-29-103-25-26-104-31-32-107-37-41(70)21-20-22-101-23-24-102-27-28-105-33-34-108-45-42(38-109-125(73,74)95-14)113-65(57(89-8)48(45)85-4)117-52-50(87-6)59(91-10)67(120-55(52)62(71)92-11)116-47-44(40-111-127(77,78)97-16)114-68(61(123-130(83,84)100-19)54(47)121-128(79,80)98-17)118-53-51(88-7)58(90-9)66(119-56(53)63(72)93-12)115-46-43(39-110-126(75,76)96-15)112-64(94-13)60(49(46)86-5)122-129(81,82)99-18/h42-61,64-68H,20-40H2,1-19H3/t42-,43-,44-,45?,46-,47?,48+,49+,50+,51+,52+,53+,54+,55+,56-,57-,58-,59-,60-,61-,64+,65-,66-,67-,68-/m1/s1. The van der Waals surface area contributed by atoms with Crippen molar-refractivity contribution in [1.29, 1.82) is 0 Å². The lowest BCUT2D eigenvalue weighted by Gasteiger charge is -2.51. The summed E-state index contributed by atoms with van der Waals surface area (Å²) in [4.78, 5) is 41.1. The maximum absolute atomic E-state index is 14.4. The number of ketones is 1. The maximum Gasteiger partial charge on any atom is 0.400 e. The Morgan fingerprint density at radius 2 is 0.585 bits per heavy atom. The third-order valence-corrected chi connectivity index (χ3v) is 25.5. The molecule has 0 saturated carbocycles. The molecule has 0 amide bonds. The molecule has 25 atom stereocenters. The number of hydrogen-bond acceptors (Lipinski definition) is 55. The summed E-state index contributed by atoms with van der Waals surface area (Å²) < 4.78 is 376. The minimum Gasteiger partial charge on any atom is -0.467 e. The average Bonchev–Trinajstić information content (AvgIpc) is 0.742. The number of carbonyl (C=O) groups is 3. The van der Waals surface area contributed by atoms with Crippen molar-refractivity contribution in [2.45, 2.75) is 192 Å². The van der Waals surface area contributed by atoms with E-state index in [1.165, 1.54) is 14.2 Å². The first-order valence-corrected chi connectivity index (χ1v) is 48.5. The van der Waals surface area contributed by atoms with Gasteiger partial charge in [0.05, 0.1) is 163 Å². The van der Waals surface area contributed by atoms with Gasteiger partial charge in [-0.15, -0.1) is 0 Å². The van der Waals surface area contributed by atoms with E-state index < -0.39 is 248 Å². The van der Waals surface area contributed by atoms with Crippen molar-refractivity contribution in [3.63, 3.8) is 0 Å². The smallest absolute Gasteiger partial charge is 0.400 e. The van der Waals surface area contributed by atoms with E-state index in [4.69, 9.17) is 153 Å². The Labute approximate surface area is 761 Å². The van der Waals surface area contributed by atoms with Crippen LogP contribution in [0.3, 0.4) is 0 Å². The van der Waals surface area contributed by atoms with Crippen LogP contribution in [0.2, 0.25) is 0 Å². The molecule has 0 aliphatic carbocycles. The van der Waals surface area contributed by atoms with Crippen LogP contribution in [0.15, 0.2) is 0 Å². The second kappa shape index (κ2) is 58.3. The van der Waals surface area contributed by atoms with Gasteiger partial charge in [-0.1, -0.05) is 20.8 Å². The molecule has 61 heteroatoms. The molecule has 130 heavy (non-hydrogen) atoms. The number of rotatable bonds is 67. The van der Waals surface area contributed by atoms with Gasteiger partial charge in [-0.25, -0.2) is 34.7 Å². The van der Waals surface area contributed by atoms with Crippen LogP contribution in [0.4, 0.5) is 0 Å². The van der Waals surface area contributed by atoms with Crippen molar-refractivity contribution in [1.82, 2.24) is 0 Å². The normalized spacial score (nSPS) is 30.5. The van der Waals surface area contributed by atoms with Gasteiger partial charge < -0.3 is 128 Å². The van der Waals surface area contributed by atoms with Crippen LogP contribution in [0, 0.1) is 0 Å². The molecule has 5 rings (SSSR count). The van der Waals surface area contributed by atoms with Crippen molar-refractivity contribution in [2.24, 2.45) is 0 Å². The number of esters is 2. The van der Waals surface area contributed by atoms with Crippen LogP contribution in [-0.4, -0.2) is 465 Å². The van der Waals surface area contributed by atoms with Crippen LogP contribution in [0.1, 0.15) is 33.6 Å². The fourth-order valence-corrected chi connectivity index (χ4v) is 16.8. The summed E-state index contributed by atoms with van der Waals surface area (Å²) in [5.74, 6) is -1.95. The Bertz CT molecular complexity index is 3970. The van der Waals surface area contributed by atoms with E-state index in [2.05, 4.69) is 45.9 Å². The monoisotopic (exact) mass is 2040 g/mol. The largest absolute Gasteiger partial charge is 0.467 e. The van der Waals surface area contributed by atoms with E-state index in [1.54, 1.807) is 0 Å². The van der Waals surface area contributed by atoms with Crippen molar-refractivity contribution in [2.75, 3.05) is 238 Å². The Morgan fingerprint density at radius 1 is 0.292 bits per heavy atom. The molecule has 5 saturated heterocycles. The number of ether oxygens (including phenoxy) is 27. The molecule has 0 N–H and O–H groups in total. The SMILES string of the molecule is COC(=O)[C@H]1O[C@@H](OC2[C@@H](COS(=O)(=O)OC)O[C@H](O[C@H]3[C@H](OC)[C@@H](OC)[C@H](O[C@H]4[C@H](OC)[C@@H](OS(=O)(=O)OC)[C@@H](OC)O[C@@H]4COS(=O)(=O)OC)O[C@H]3C(=O)OC)[C@H](OS(=O)(=O)OC)[C@H]2OS(=O)(=O)OC)[C@H](OC)[C@@H](OC)[C@@H]1O[C@H]1O[C@H](COS(=O)(=O)OC)C(OCCOCCOCCOCCCC(=O)COCCOCCOCCOCCSC(C)(C)C)[C@H](OC)[C@H]1OC. The van der Waals surface area contributed by atoms with Crippen molar-refractivity contribution in [3.8, 4) is 0 Å². The summed E-state index contributed by atoms with van der Waals surface area (Å²) in [6.45, 7) is 6.53. The first-order chi connectivity index (χ1) is 61.6. The Morgan fingerprint density at radius 3 is 0.946 bits per heavy atom. The second-order valence-electron chi connectivity index (χ2n) is 28.2. The number of hydrogen-bond donors (Lipinski definition) is 0. The molecule has 0 aromatic carbocycles. The van der Waals surface area contributed by atoms with Gasteiger partial charge in [0.2, 0.25) is 0 Å². The summed E-state index contributed by atoms with van der Waals surface area (Å²) in [5.41, 5.74) is 0. The van der Waals surface area contributed by atoms with Gasteiger partial charge in [-0.2, -0.15) is 62.3 Å². The molecule has 54 nitrogen and oxygen atoms in total. The molecule has 2 unspecified atom stereocenters. The summed E-state index contributed by atoms with van der Waals surface area (Å²) in [6, 6.07) is 0. The maximum atomic E-state index is 14.4. The van der Waals surface area contributed by atoms with Crippen molar-refractivity contribution in [3.05, 3.63) is 0 Å². The Balaban J connectivity index is 1.38. The van der Waals surface area contributed by atoms with Gasteiger partial charge in [-0.3, -0.25) is 29.9 Å². The van der Waals surface area contributed by atoms with E-state index >= 15 is 0 Å². The molecule has 0 radical (unpaired) electrons. The molecule has 5 aliphatic heterocycles. The number of methoxy groups -OCH3 is 10. The van der Waals surface area contributed by atoms with Gasteiger partial charge in [0.15, 0.2) is 61.6 Å². The third-order valence-electron chi connectivity index (χ3n) is 19.1. The molecular weight excluding hydrogens is 1920 g/mol. The van der Waals surface area contributed by atoms with Gasteiger partial charge in [0.25, 0.3) is 0 Å². The minimum atomic E-state index is -5.58. The summed E-state index contributed by atoms with van der Waals surface area (Å²) in [7, 11) is -16.5. The number of Topliss-reactive ketones (excluding diaryl/α,β-unsaturated/α-hetero) is 1. The zero-order valence-corrected chi connectivity index (χ0v) is 80.9. The Hall–Kier alpha value is -2.82. The van der Waals surface area contributed by atoms with Crippen LogP contribution >= 0.6 is 11.8 Å². The highest BCUT2D eigenvalue weighted by molar-refractivity contribution is 8.00. The Kier molecular flexibility index (Phi) is 52.8.